The third-order valence-electron chi connectivity index (χ3n) is 2.76. The van der Waals surface area contributed by atoms with Gasteiger partial charge in [-0.25, -0.2) is 9.97 Å². The Kier molecular flexibility index (Phi) is 5.46. The molecule has 0 aliphatic rings. The van der Waals surface area contributed by atoms with Crippen LogP contribution in [0.5, 0.6) is 5.75 Å². The molecule has 1 aromatic heterocycles. The molecule has 0 radical (unpaired) electrons. The summed E-state index contributed by atoms with van der Waals surface area (Å²) in [7, 11) is 0. The van der Waals surface area contributed by atoms with Crippen molar-refractivity contribution in [2.24, 2.45) is 0 Å². The van der Waals surface area contributed by atoms with Crippen LogP contribution in [0.2, 0.25) is 0 Å². The number of hydrogen-bond donors (Lipinski definition) is 2. The lowest BCUT2D eigenvalue weighted by Gasteiger charge is -2.13. The highest BCUT2D eigenvalue weighted by atomic mass is 16.5. The fourth-order valence-electron chi connectivity index (χ4n) is 1.75. The van der Waals surface area contributed by atoms with Gasteiger partial charge in [-0.3, -0.25) is 0 Å². The maximum Gasteiger partial charge on any atom is 0.119 e. The summed E-state index contributed by atoms with van der Waals surface area (Å²) in [5, 5.41) is 13.0. The lowest BCUT2D eigenvalue weighted by atomic mass is 10.2. The molecule has 1 unspecified atom stereocenters. The molecule has 1 aromatic carbocycles. The third-order valence-corrected chi connectivity index (χ3v) is 2.76. The van der Waals surface area contributed by atoms with Crippen molar-refractivity contribution in [1.82, 2.24) is 15.3 Å². The van der Waals surface area contributed by atoms with Gasteiger partial charge in [0.2, 0.25) is 0 Å². The molecule has 5 nitrogen and oxygen atoms in total. The van der Waals surface area contributed by atoms with Gasteiger partial charge in [-0.1, -0.05) is 12.1 Å². The van der Waals surface area contributed by atoms with E-state index in [0.29, 0.717) is 13.1 Å². The summed E-state index contributed by atoms with van der Waals surface area (Å²) in [6.45, 7) is 3.33. The van der Waals surface area contributed by atoms with Crippen molar-refractivity contribution in [3.05, 3.63) is 54.1 Å². The number of nitrogens with zero attached hydrogens (tertiary/aromatic N) is 2. The van der Waals surface area contributed by atoms with Gasteiger partial charge in [0.15, 0.2) is 0 Å². The Morgan fingerprint density at radius 1 is 1.35 bits per heavy atom. The number of nitrogens with one attached hydrogen (secondary N) is 1. The summed E-state index contributed by atoms with van der Waals surface area (Å²) >= 11 is 0. The van der Waals surface area contributed by atoms with Gasteiger partial charge in [-0.2, -0.15) is 0 Å². The van der Waals surface area contributed by atoms with Crippen molar-refractivity contribution in [2.75, 3.05) is 13.2 Å². The van der Waals surface area contributed by atoms with Crippen molar-refractivity contribution in [1.29, 1.82) is 0 Å². The Labute approximate surface area is 118 Å². The summed E-state index contributed by atoms with van der Waals surface area (Å²) in [5.41, 5.74) is 2.03. The van der Waals surface area contributed by atoms with E-state index in [1.54, 1.807) is 6.20 Å². The molecule has 2 N–H and O–H groups in total. The molecular formula is C15H19N3O2. The minimum Gasteiger partial charge on any atom is -0.491 e. The van der Waals surface area contributed by atoms with E-state index in [-0.39, 0.29) is 6.61 Å². The van der Waals surface area contributed by atoms with Crippen LogP contribution in [0.4, 0.5) is 0 Å². The van der Waals surface area contributed by atoms with Gasteiger partial charge < -0.3 is 15.2 Å². The minimum absolute atomic E-state index is 0.264. The molecule has 2 aromatic rings. The summed E-state index contributed by atoms with van der Waals surface area (Å²) in [4.78, 5) is 7.94. The fourth-order valence-corrected chi connectivity index (χ4v) is 1.75. The van der Waals surface area contributed by atoms with Gasteiger partial charge >= 0.3 is 0 Å². The normalized spacial score (nSPS) is 12.1. The Morgan fingerprint density at radius 3 is 3.00 bits per heavy atom. The van der Waals surface area contributed by atoms with Crippen LogP contribution in [0.3, 0.4) is 0 Å². The first kappa shape index (κ1) is 14.4. The minimum atomic E-state index is -0.558. The molecule has 2 rings (SSSR count). The molecule has 0 saturated carbocycles. The molecule has 1 heterocycles. The molecular weight excluding hydrogens is 254 g/mol. The largest absolute Gasteiger partial charge is 0.491 e. The molecule has 0 saturated heterocycles. The first-order valence-electron chi connectivity index (χ1n) is 6.57. The summed E-state index contributed by atoms with van der Waals surface area (Å²) in [6.07, 6.45) is 2.65. The highest BCUT2D eigenvalue weighted by Crippen LogP contribution is 2.12. The maximum absolute atomic E-state index is 9.84. The number of aliphatic hydroxyl groups is 1. The van der Waals surface area contributed by atoms with Gasteiger partial charge in [0.25, 0.3) is 0 Å². The van der Waals surface area contributed by atoms with Crippen LogP contribution in [0.15, 0.2) is 42.9 Å². The van der Waals surface area contributed by atoms with Crippen molar-refractivity contribution < 1.29 is 9.84 Å². The Bertz CT molecular complexity index is 520. The number of aliphatic hydroxyl groups excluding tert-OH is 1. The van der Waals surface area contributed by atoms with Gasteiger partial charge in [0.1, 0.15) is 24.8 Å². The van der Waals surface area contributed by atoms with Crippen LogP contribution in [0.25, 0.3) is 0 Å². The summed E-state index contributed by atoms with van der Waals surface area (Å²) in [6, 6.07) is 9.61. The van der Waals surface area contributed by atoms with E-state index < -0.39 is 6.10 Å². The second-order valence-corrected chi connectivity index (χ2v) is 4.61. The number of rotatable bonds is 7. The van der Waals surface area contributed by atoms with E-state index in [1.165, 1.54) is 6.33 Å². The third kappa shape index (κ3) is 4.95. The average Bonchev–Trinajstić information content (AvgIpc) is 2.46. The van der Waals surface area contributed by atoms with Crippen LogP contribution in [-0.4, -0.2) is 34.3 Å². The molecule has 20 heavy (non-hydrogen) atoms. The van der Waals surface area contributed by atoms with Crippen LogP contribution >= 0.6 is 0 Å². The number of benzene rings is 1. The Hall–Kier alpha value is -1.98. The molecule has 1 atom stereocenters. The first-order valence-corrected chi connectivity index (χ1v) is 6.57. The van der Waals surface area contributed by atoms with Crippen molar-refractivity contribution in [3.8, 4) is 5.75 Å². The fraction of sp³-hybridized carbons (Fsp3) is 0.333. The number of ether oxygens (including phenoxy) is 1. The topological polar surface area (TPSA) is 67.3 Å². The van der Waals surface area contributed by atoms with Crippen LogP contribution in [0, 0.1) is 6.92 Å². The van der Waals surface area contributed by atoms with Crippen molar-refractivity contribution in [2.45, 2.75) is 19.6 Å². The summed E-state index contributed by atoms with van der Waals surface area (Å²) < 4.78 is 5.54. The monoisotopic (exact) mass is 273 g/mol. The standard InChI is InChI=1S/C15H19N3O2/c1-12-3-2-4-15(7-12)20-10-14(19)9-17-8-13-5-6-16-11-18-13/h2-7,11,14,17,19H,8-10H2,1H3. The lowest BCUT2D eigenvalue weighted by molar-refractivity contribution is 0.106. The maximum atomic E-state index is 9.84. The smallest absolute Gasteiger partial charge is 0.119 e. The van der Waals surface area contributed by atoms with Crippen molar-refractivity contribution >= 4 is 0 Å². The SMILES string of the molecule is Cc1cccc(OCC(O)CNCc2ccncn2)c1. The number of aromatic nitrogens is 2. The first-order chi connectivity index (χ1) is 9.74. The van der Waals surface area contributed by atoms with Crippen LogP contribution < -0.4 is 10.1 Å². The zero-order valence-electron chi connectivity index (χ0n) is 11.5. The highest BCUT2D eigenvalue weighted by Gasteiger charge is 2.05. The molecule has 0 amide bonds. The van der Waals surface area contributed by atoms with E-state index in [9.17, 15) is 5.11 Å². The molecule has 0 spiro atoms. The molecule has 106 valence electrons. The van der Waals surface area contributed by atoms with E-state index in [1.807, 2.05) is 37.3 Å². The molecule has 0 bridgehead atoms. The lowest BCUT2D eigenvalue weighted by Crippen LogP contribution is -2.31. The van der Waals surface area contributed by atoms with E-state index >= 15 is 0 Å². The molecule has 0 fully saturated rings. The number of hydrogen-bond acceptors (Lipinski definition) is 5. The van der Waals surface area contributed by atoms with Crippen LogP contribution in [-0.2, 0) is 6.54 Å². The summed E-state index contributed by atoms with van der Waals surface area (Å²) in [5.74, 6) is 0.778. The number of aryl methyl sites for hydroxylation is 1. The van der Waals surface area contributed by atoms with E-state index in [0.717, 1.165) is 17.0 Å². The van der Waals surface area contributed by atoms with E-state index in [4.69, 9.17) is 4.74 Å². The molecule has 0 aliphatic heterocycles. The zero-order chi connectivity index (χ0) is 14.2. The zero-order valence-corrected chi connectivity index (χ0v) is 11.5. The quantitative estimate of drug-likeness (QED) is 0.796. The van der Waals surface area contributed by atoms with Crippen LogP contribution in [0.1, 0.15) is 11.3 Å². The van der Waals surface area contributed by atoms with Gasteiger partial charge in [0, 0.05) is 19.3 Å². The Balaban J connectivity index is 1.67. The second kappa shape index (κ2) is 7.57. The van der Waals surface area contributed by atoms with Gasteiger partial charge in [-0.15, -0.1) is 0 Å². The van der Waals surface area contributed by atoms with Gasteiger partial charge in [-0.05, 0) is 30.7 Å². The van der Waals surface area contributed by atoms with E-state index in [2.05, 4.69) is 15.3 Å². The highest BCUT2D eigenvalue weighted by molar-refractivity contribution is 5.27. The van der Waals surface area contributed by atoms with Gasteiger partial charge in [0.05, 0.1) is 5.69 Å². The second-order valence-electron chi connectivity index (χ2n) is 4.61. The predicted molar refractivity (Wildman–Crippen MR) is 76.4 cm³/mol. The van der Waals surface area contributed by atoms with Crippen molar-refractivity contribution in [3.63, 3.8) is 0 Å². The predicted octanol–water partition coefficient (Wildman–Crippen LogP) is 1.31. The Morgan fingerprint density at radius 2 is 2.25 bits per heavy atom. The average molecular weight is 273 g/mol. The molecule has 0 aliphatic carbocycles. The molecule has 5 heteroatoms.